The van der Waals surface area contributed by atoms with Crippen molar-refractivity contribution in [2.75, 3.05) is 62.0 Å². The molecule has 0 bridgehead atoms. The van der Waals surface area contributed by atoms with Crippen molar-refractivity contribution in [1.29, 1.82) is 0 Å². The maximum atomic E-state index is 12.3. The van der Waals surface area contributed by atoms with Crippen LogP contribution in [0.3, 0.4) is 0 Å². The Labute approximate surface area is 193 Å². The molecule has 33 heavy (non-hydrogen) atoms. The number of hydrogen-bond acceptors (Lipinski definition) is 7. The van der Waals surface area contributed by atoms with Crippen LogP contribution in [0.4, 0.5) is 17.1 Å². The standard InChI is InChI=1S/C22H29N5O5S/c1-26(10-9-21(28)25-18-3-2-4-20(15-18)33(23,30)31)16-22(29)24-17-5-7-19(8-6-17)27-11-13-32-14-12-27/h2-8,15H,9-14,16H2,1H3,(H,24,29)(H,25,28)(H2,23,30,31). The highest BCUT2D eigenvalue weighted by atomic mass is 32.2. The first-order chi connectivity index (χ1) is 15.7. The topological polar surface area (TPSA) is 134 Å². The van der Waals surface area contributed by atoms with Crippen LogP contribution in [0, 0.1) is 0 Å². The first-order valence-corrected chi connectivity index (χ1v) is 12.1. The maximum absolute atomic E-state index is 12.3. The average Bonchev–Trinajstić information content (AvgIpc) is 2.78. The van der Waals surface area contributed by atoms with Crippen LogP contribution in [0.25, 0.3) is 0 Å². The van der Waals surface area contributed by atoms with Gasteiger partial charge in [0.05, 0.1) is 24.7 Å². The lowest BCUT2D eigenvalue weighted by molar-refractivity contribution is -0.119. The van der Waals surface area contributed by atoms with Gasteiger partial charge < -0.3 is 20.3 Å². The highest BCUT2D eigenvalue weighted by molar-refractivity contribution is 7.89. The van der Waals surface area contributed by atoms with E-state index in [9.17, 15) is 18.0 Å². The second kappa shape index (κ2) is 11.2. The van der Waals surface area contributed by atoms with E-state index in [0.29, 0.717) is 31.1 Å². The van der Waals surface area contributed by atoms with Gasteiger partial charge in [0.15, 0.2) is 0 Å². The lowest BCUT2D eigenvalue weighted by Crippen LogP contribution is -2.36. The highest BCUT2D eigenvalue weighted by Crippen LogP contribution is 2.19. The van der Waals surface area contributed by atoms with Crippen molar-refractivity contribution < 1.29 is 22.7 Å². The monoisotopic (exact) mass is 475 g/mol. The molecule has 3 rings (SSSR count). The van der Waals surface area contributed by atoms with Gasteiger partial charge in [0.2, 0.25) is 21.8 Å². The molecule has 4 N–H and O–H groups in total. The minimum absolute atomic E-state index is 0.0768. The van der Waals surface area contributed by atoms with Gasteiger partial charge in [-0.15, -0.1) is 0 Å². The van der Waals surface area contributed by atoms with Crippen molar-refractivity contribution in [3.05, 3.63) is 48.5 Å². The lowest BCUT2D eigenvalue weighted by atomic mass is 10.2. The normalized spacial score (nSPS) is 14.2. The zero-order chi connectivity index (χ0) is 23.8. The molecule has 1 aliphatic rings. The number of amides is 2. The number of benzene rings is 2. The fraction of sp³-hybridized carbons (Fsp3) is 0.364. The minimum Gasteiger partial charge on any atom is -0.378 e. The van der Waals surface area contributed by atoms with Gasteiger partial charge in [-0.05, 0) is 49.5 Å². The van der Waals surface area contributed by atoms with Crippen LogP contribution < -0.4 is 20.7 Å². The first-order valence-electron chi connectivity index (χ1n) is 10.5. The van der Waals surface area contributed by atoms with Gasteiger partial charge in [0.1, 0.15) is 0 Å². The van der Waals surface area contributed by atoms with E-state index >= 15 is 0 Å². The van der Waals surface area contributed by atoms with E-state index in [0.717, 1.165) is 18.8 Å². The summed E-state index contributed by atoms with van der Waals surface area (Å²) in [5.74, 6) is -0.481. The van der Waals surface area contributed by atoms with Crippen molar-refractivity contribution in [1.82, 2.24) is 4.90 Å². The summed E-state index contributed by atoms with van der Waals surface area (Å²) in [6.07, 6.45) is 0.137. The fourth-order valence-corrected chi connectivity index (χ4v) is 3.93. The number of morpholine rings is 1. The van der Waals surface area contributed by atoms with Crippen molar-refractivity contribution in [2.24, 2.45) is 5.14 Å². The summed E-state index contributed by atoms with van der Waals surface area (Å²) in [6.45, 7) is 3.60. The predicted molar refractivity (Wildman–Crippen MR) is 127 cm³/mol. The van der Waals surface area contributed by atoms with Crippen LogP contribution in [-0.2, 0) is 24.3 Å². The molecule has 2 aromatic rings. The number of anilines is 3. The van der Waals surface area contributed by atoms with Gasteiger partial charge in [0, 0.05) is 43.1 Å². The van der Waals surface area contributed by atoms with Gasteiger partial charge in [-0.3, -0.25) is 14.5 Å². The largest absolute Gasteiger partial charge is 0.378 e. The molecule has 1 aliphatic heterocycles. The second-order valence-electron chi connectivity index (χ2n) is 7.80. The number of nitrogens with one attached hydrogen (secondary N) is 2. The first kappa shape index (κ1) is 24.6. The van der Waals surface area contributed by atoms with Gasteiger partial charge in [-0.1, -0.05) is 6.07 Å². The van der Waals surface area contributed by atoms with Gasteiger partial charge >= 0.3 is 0 Å². The number of sulfonamides is 1. The molecule has 2 amide bonds. The Kier molecular flexibility index (Phi) is 8.39. The zero-order valence-corrected chi connectivity index (χ0v) is 19.3. The maximum Gasteiger partial charge on any atom is 0.238 e. The summed E-state index contributed by atoms with van der Waals surface area (Å²) >= 11 is 0. The Bertz CT molecular complexity index is 1070. The minimum atomic E-state index is -3.85. The molecular weight excluding hydrogens is 446 g/mol. The Morgan fingerprint density at radius 1 is 1.03 bits per heavy atom. The predicted octanol–water partition coefficient (Wildman–Crippen LogP) is 1.07. The third-order valence-electron chi connectivity index (χ3n) is 5.11. The van der Waals surface area contributed by atoms with E-state index in [1.807, 2.05) is 24.3 Å². The van der Waals surface area contributed by atoms with E-state index in [2.05, 4.69) is 15.5 Å². The Balaban J connectivity index is 1.41. The van der Waals surface area contributed by atoms with Crippen LogP contribution in [0.1, 0.15) is 6.42 Å². The highest BCUT2D eigenvalue weighted by Gasteiger charge is 2.13. The SMILES string of the molecule is CN(CCC(=O)Nc1cccc(S(N)(=O)=O)c1)CC(=O)Nc1ccc(N2CCOCC2)cc1. The number of carbonyl (C=O) groups excluding carboxylic acids is 2. The molecule has 0 saturated carbocycles. The Morgan fingerprint density at radius 2 is 1.70 bits per heavy atom. The molecular formula is C22H29N5O5S. The number of nitrogens with two attached hydrogens (primary N) is 1. The molecule has 178 valence electrons. The number of primary sulfonamides is 1. The molecule has 0 aliphatic carbocycles. The van der Waals surface area contributed by atoms with Crippen molar-refractivity contribution in [2.45, 2.75) is 11.3 Å². The lowest BCUT2D eigenvalue weighted by Gasteiger charge is -2.28. The zero-order valence-electron chi connectivity index (χ0n) is 18.5. The molecule has 0 atom stereocenters. The van der Waals surface area contributed by atoms with Crippen LogP contribution >= 0.6 is 0 Å². The van der Waals surface area contributed by atoms with E-state index in [1.165, 1.54) is 18.2 Å². The molecule has 0 spiro atoms. The smallest absolute Gasteiger partial charge is 0.238 e. The molecule has 1 heterocycles. The third-order valence-corrected chi connectivity index (χ3v) is 6.02. The number of ether oxygens (including phenoxy) is 1. The molecule has 11 heteroatoms. The number of likely N-dealkylation sites (N-methyl/N-ethyl adjacent to an activating group) is 1. The van der Waals surface area contributed by atoms with Crippen LogP contribution in [0.5, 0.6) is 0 Å². The summed E-state index contributed by atoms with van der Waals surface area (Å²) in [6, 6.07) is 13.4. The summed E-state index contributed by atoms with van der Waals surface area (Å²) < 4.78 is 28.2. The summed E-state index contributed by atoms with van der Waals surface area (Å²) in [4.78, 5) is 28.4. The second-order valence-corrected chi connectivity index (χ2v) is 9.36. The molecule has 0 aromatic heterocycles. The summed E-state index contributed by atoms with van der Waals surface area (Å²) in [5.41, 5.74) is 2.14. The third kappa shape index (κ3) is 7.82. The Hall–Kier alpha value is -2.99. The fourth-order valence-electron chi connectivity index (χ4n) is 3.37. The number of nitrogens with zero attached hydrogens (tertiary/aromatic N) is 2. The van der Waals surface area contributed by atoms with E-state index < -0.39 is 10.0 Å². The Morgan fingerprint density at radius 3 is 2.36 bits per heavy atom. The van der Waals surface area contributed by atoms with E-state index in [-0.39, 0.29) is 29.7 Å². The quantitative estimate of drug-likeness (QED) is 0.494. The molecule has 10 nitrogen and oxygen atoms in total. The molecule has 1 saturated heterocycles. The molecule has 0 unspecified atom stereocenters. The molecule has 1 fully saturated rings. The van der Waals surface area contributed by atoms with Crippen molar-refractivity contribution >= 4 is 38.9 Å². The average molecular weight is 476 g/mol. The van der Waals surface area contributed by atoms with Crippen LogP contribution in [0.15, 0.2) is 53.4 Å². The van der Waals surface area contributed by atoms with Crippen LogP contribution in [0.2, 0.25) is 0 Å². The van der Waals surface area contributed by atoms with Crippen molar-refractivity contribution in [3.8, 4) is 0 Å². The number of rotatable bonds is 9. The molecule has 0 radical (unpaired) electrons. The van der Waals surface area contributed by atoms with Crippen LogP contribution in [-0.4, -0.2) is 71.6 Å². The van der Waals surface area contributed by atoms with Crippen molar-refractivity contribution in [3.63, 3.8) is 0 Å². The summed E-state index contributed by atoms with van der Waals surface area (Å²) in [5, 5.41) is 10.6. The van der Waals surface area contributed by atoms with Gasteiger partial charge in [-0.2, -0.15) is 0 Å². The molecule has 2 aromatic carbocycles. The summed E-state index contributed by atoms with van der Waals surface area (Å²) in [7, 11) is -2.10. The van der Waals surface area contributed by atoms with E-state index in [4.69, 9.17) is 9.88 Å². The van der Waals surface area contributed by atoms with Gasteiger partial charge in [0.25, 0.3) is 0 Å². The number of carbonyl (C=O) groups is 2. The van der Waals surface area contributed by atoms with E-state index in [1.54, 1.807) is 18.0 Å². The number of hydrogen-bond donors (Lipinski definition) is 3. The van der Waals surface area contributed by atoms with Gasteiger partial charge in [-0.25, -0.2) is 13.6 Å².